The standard InChI is InChI=1S/C19H30O3/c1-3-15-17-11-9-13(18(17)16(4-2)22-15)14(10-11)19(20)21-12-7-5-6-8-12/h11-18H,3-10H2,1-2H3. The zero-order valence-corrected chi connectivity index (χ0v) is 14.0. The number of hydrogen-bond donors (Lipinski definition) is 0. The predicted octanol–water partition coefficient (Wildman–Crippen LogP) is 3.95. The smallest absolute Gasteiger partial charge is 0.309 e. The van der Waals surface area contributed by atoms with Crippen molar-refractivity contribution >= 4 is 5.97 Å². The van der Waals surface area contributed by atoms with Crippen molar-refractivity contribution in [3.63, 3.8) is 0 Å². The van der Waals surface area contributed by atoms with Crippen LogP contribution in [0, 0.1) is 29.6 Å². The molecule has 3 nitrogen and oxygen atoms in total. The van der Waals surface area contributed by atoms with Gasteiger partial charge >= 0.3 is 5.97 Å². The summed E-state index contributed by atoms with van der Waals surface area (Å²) in [7, 11) is 0. The van der Waals surface area contributed by atoms with Gasteiger partial charge in [-0.1, -0.05) is 13.8 Å². The molecule has 1 aliphatic heterocycles. The Kier molecular flexibility index (Phi) is 3.96. The maximum atomic E-state index is 12.7. The molecule has 1 saturated heterocycles. The van der Waals surface area contributed by atoms with E-state index in [1.165, 1.54) is 19.3 Å². The van der Waals surface area contributed by atoms with Crippen LogP contribution in [0.3, 0.4) is 0 Å². The summed E-state index contributed by atoms with van der Waals surface area (Å²) in [4.78, 5) is 12.7. The molecule has 0 N–H and O–H groups in total. The highest BCUT2D eigenvalue weighted by molar-refractivity contribution is 5.74. The van der Waals surface area contributed by atoms with Gasteiger partial charge < -0.3 is 9.47 Å². The van der Waals surface area contributed by atoms with Crippen LogP contribution in [0.1, 0.15) is 65.2 Å². The Bertz CT molecular complexity index is 428. The molecule has 3 aliphatic carbocycles. The quantitative estimate of drug-likeness (QED) is 0.738. The van der Waals surface area contributed by atoms with Gasteiger partial charge in [0.05, 0.1) is 18.1 Å². The molecular formula is C19H30O3. The minimum absolute atomic E-state index is 0.118. The van der Waals surface area contributed by atoms with Gasteiger partial charge in [-0.25, -0.2) is 0 Å². The third-order valence-corrected chi connectivity index (χ3v) is 7.03. The number of esters is 1. The average Bonchev–Trinajstić information content (AvgIpc) is 3.27. The van der Waals surface area contributed by atoms with Crippen molar-refractivity contribution in [3.8, 4) is 0 Å². The predicted molar refractivity (Wildman–Crippen MR) is 84.3 cm³/mol. The molecule has 2 bridgehead atoms. The average molecular weight is 306 g/mol. The van der Waals surface area contributed by atoms with Crippen molar-refractivity contribution in [2.75, 3.05) is 0 Å². The number of fused-ring (bicyclic) bond motifs is 5. The van der Waals surface area contributed by atoms with E-state index in [-0.39, 0.29) is 18.0 Å². The van der Waals surface area contributed by atoms with Gasteiger partial charge in [-0.2, -0.15) is 0 Å². The molecule has 4 aliphatic rings. The summed E-state index contributed by atoms with van der Waals surface area (Å²) in [6, 6.07) is 0. The number of ether oxygens (including phenoxy) is 2. The van der Waals surface area contributed by atoms with Crippen LogP contribution in [0.15, 0.2) is 0 Å². The molecule has 7 atom stereocenters. The van der Waals surface area contributed by atoms with Crippen molar-refractivity contribution in [2.45, 2.75) is 83.5 Å². The van der Waals surface area contributed by atoms with Crippen LogP contribution in [-0.2, 0) is 14.3 Å². The molecule has 3 saturated carbocycles. The Balaban J connectivity index is 1.46. The lowest BCUT2D eigenvalue weighted by Gasteiger charge is -2.33. The van der Waals surface area contributed by atoms with Crippen LogP contribution in [0.25, 0.3) is 0 Å². The number of hydrogen-bond acceptors (Lipinski definition) is 3. The Hall–Kier alpha value is -0.570. The van der Waals surface area contributed by atoms with Crippen molar-refractivity contribution in [1.82, 2.24) is 0 Å². The maximum absolute atomic E-state index is 12.7. The SMILES string of the molecule is CCC1OC(CC)C2C3CC(CC3C(=O)OC3CCCC3)C12. The summed E-state index contributed by atoms with van der Waals surface area (Å²) in [5.74, 6) is 2.86. The van der Waals surface area contributed by atoms with Gasteiger partial charge in [0, 0.05) is 0 Å². The van der Waals surface area contributed by atoms with Gasteiger partial charge in [0.15, 0.2) is 0 Å². The summed E-state index contributed by atoms with van der Waals surface area (Å²) < 4.78 is 12.2. The van der Waals surface area contributed by atoms with Crippen molar-refractivity contribution in [1.29, 1.82) is 0 Å². The second-order valence-electron chi connectivity index (χ2n) is 8.03. The topological polar surface area (TPSA) is 35.5 Å². The molecule has 0 aromatic heterocycles. The van der Waals surface area contributed by atoms with E-state index >= 15 is 0 Å². The van der Waals surface area contributed by atoms with E-state index in [4.69, 9.17) is 9.47 Å². The Morgan fingerprint density at radius 1 is 1.05 bits per heavy atom. The fraction of sp³-hybridized carbons (Fsp3) is 0.947. The molecule has 1 heterocycles. The zero-order chi connectivity index (χ0) is 15.3. The van der Waals surface area contributed by atoms with Crippen molar-refractivity contribution in [3.05, 3.63) is 0 Å². The fourth-order valence-electron chi connectivity index (χ4n) is 6.20. The molecule has 22 heavy (non-hydrogen) atoms. The first-order valence-corrected chi connectivity index (χ1v) is 9.58. The zero-order valence-electron chi connectivity index (χ0n) is 14.0. The molecule has 0 radical (unpaired) electrons. The number of carbonyl (C=O) groups is 1. The first kappa shape index (κ1) is 15.0. The maximum Gasteiger partial charge on any atom is 0.309 e. The van der Waals surface area contributed by atoms with Gasteiger partial charge in [-0.3, -0.25) is 4.79 Å². The second-order valence-corrected chi connectivity index (χ2v) is 8.03. The number of carbonyl (C=O) groups excluding carboxylic acids is 1. The normalized spacial score (nSPS) is 47.1. The minimum Gasteiger partial charge on any atom is -0.462 e. The third kappa shape index (κ3) is 2.23. The minimum atomic E-state index is 0.118. The fourth-order valence-corrected chi connectivity index (χ4v) is 6.20. The first-order valence-electron chi connectivity index (χ1n) is 9.58. The van der Waals surface area contributed by atoms with E-state index in [9.17, 15) is 4.79 Å². The van der Waals surface area contributed by atoms with E-state index in [2.05, 4.69) is 13.8 Å². The van der Waals surface area contributed by atoms with Gasteiger partial charge in [0.2, 0.25) is 0 Å². The number of rotatable bonds is 4. The summed E-state index contributed by atoms with van der Waals surface area (Å²) >= 11 is 0. The van der Waals surface area contributed by atoms with E-state index in [1.807, 2.05) is 0 Å². The molecule has 124 valence electrons. The third-order valence-electron chi connectivity index (χ3n) is 7.03. The summed E-state index contributed by atoms with van der Waals surface area (Å²) in [5.41, 5.74) is 0. The molecule has 4 rings (SSSR count). The molecule has 4 fully saturated rings. The largest absolute Gasteiger partial charge is 0.462 e. The van der Waals surface area contributed by atoms with Gasteiger partial charge in [-0.15, -0.1) is 0 Å². The highest BCUT2D eigenvalue weighted by atomic mass is 16.5. The van der Waals surface area contributed by atoms with Crippen molar-refractivity contribution in [2.24, 2.45) is 29.6 Å². The lowest BCUT2D eigenvalue weighted by atomic mass is 9.70. The van der Waals surface area contributed by atoms with Crippen LogP contribution in [0.2, 0.25) is 0 Å². The van der Waals surface area contributed by atoms with E-state index in [1.54, 1.807) is 0 Å². The van der Waals surface area contributed by atoms with Crippen LogP contribution in [0.4, 0.5) is 0 Å². The van der Waals surface area contributed by atoms with E-state index in [0.29, 0.717) is 30.0 Å². The Morgan fingerprint density at radius 3 is 2.41 bits per heavy atom. The second kappa shape index (κ2) is 5.81. The summed E-state index contributed by atoms with van der Waals surface area (Å²) in [6.45, 7) is 4.48. The molecule has 0 amide bonds. The summed E-state index contributed by atoms with van der Waals surface area (Å²) in [5, 5.41) is 0. The van der Waals surface area contributed by atoms with Crippen LogP contribution in [-0.4, -0.2) is 24.3 Å². The van der Waals surface area contributed by atoms with Gasteiger partial charge in [-0.05, 0) is 75.0 Å². The monoisotopic (exact) mass is 306 g/mol. The summed E-state index contributed by atoms with van der Waals surface area (Å²) in [6.07, 6.45) is 10.2. The molecule has 0 aromatic carbocycles. The van der Waals surface area contributed by atoms with Crippen LogP contribution < -0.4 is 0 Å². The van der Waals surface area contributed by atoms with E-state index in [0.717, 1.165) is 38.0 Å². The van der Waals surface area contributed by atoms with Gasteiger partial charge in [0.1, 0.15) is 6.10 Å². The lowest BCUT2D eigenvalue weighted by Crippen LogP contribution is -2.37. The molecule has 3 heteroatoms. The van der Waals surface area contributed by atoms with Gasteiger partial charge in [0.25, 0.3) is 0 Å². The molecule has 0 spiro atoms. The van der Waals surface area contributed by atoms with Crippen molar-refractivity contribution < 1.29 is 14.3 Å². The highest BCUT2D eigenvalue weighted by Crippen LogP contribution is 2.62. The van der Waals surface area contributed by atoms with E-state index < -0.39 is 0 Å². The van der Waals surface area contributed by atoms with Crippen LogP contribution >= 0.6 is 0 Å². The van der Waals surface area contributed by atoms with Crippen LogP contribution in [0.5, 0.6) is 0 Å². The first-order chi connectivity index (χ1) is 10.7. The molecule has 7 unspecified atom stereocenters. The Labute approximate surface area is 134 Å². The molecular weight excluding hydrogens is 276 g/mol. The lowest BCUT2D eigenvalue weighted by molar-refractivity contribution is -0.157. The Morgan fingerprint density at radius 2 is 1.73 bits per heavy atom. The molecule has 0 aromatic rings. The highest BCUT2D eigenvalue weighted by Gasteiger charge is 2.62.